The quantitative estimate of drug-likeness (QED) is 0.544. The van der Waals surface area contributed by atoms with Gasteiger partial charge in [0.15, 0.2) is 13.2 Å². The van der Waals surface area contributed by atoms with Gasteiger partial charge in [0.1, 0.15) is 11.6 Å². The summed E-state index contributed by atoms with van der Waals surface area (Å²) in [6, 6.07) is 8.88. The summed E-state index contributed by atoms with van der Waals surface area (Å²) in [6.07, 6.45) is 0. The summed E-state index contributed by atoms with van der Waals surface area (Å²) in [4.78, 5) is 33.3. The Morgan fingerprint density at radius 1 is 1.04 bits per heavy atom. The van der Waals surface area contributed by atoms with Crippen LogP contribution in [0.15, 0.2) is 42.5 Å². The van der Waals surface area contributed by atoms with E-state index in [1.165, 1.54) is 0 Å². The van der Waals surface area contributed by atoms with E-state index in [2.05, 4.69) is 5.43 Å². The highest BCUT2D eigenvalue weighted by atomic mass is 35.5. The number of carbonyl (C=O) groups excluding carboxylic acids is 2. The molecule has 0 aromatic heterocycles. The van der Waals surface area contributed by atoms with Crippen LogP contribution in [-0.2, 0) is 9.59 Å². The Hall–Kier alpha value is -3.40. The maximum atomic E-state index is 13.2. The minimum absolute atomic E-state index is 0.377. The number of benzene rings is 2. The number of nitrogens with one attached hydrogen (secondary N) is 2. The fourth-order valence-electron chi connectivity index (χ4n) is 1.79. The molecule has 0 atom stereocenters. The molecule has 0 radical (unpaired) electrons. The van der Waals surface area contributed by atoms with Gasteiger partial charge in [0.25, 0.3) is 11.8 Å². The molecule has 0 unspecified atom stereocenters. The molecule has 2 aromatic rings. The van der Waals surface area contributed by atoms with Crippen molar-refractivity contribution in [1.29, 1.82) is 0 Å². The number of nitro benzene ring substituents is 1. The van der Waals surface area contributed by atoms with Gasteiger partial charge in [0.05, 0.1) is 4.92 Å². The molecule has 2 aromatic carbocycles. The van der Waals surface area contributed by atoms with E-state index in [4.69, 9.17) is 21.1 Å². The molecule has 0 fully saturated rings. The van der Waals surface area contributed by atoms with Crippen molar-refractivity contribution in [1.82, 2.24) is 10.9 Å². The highest BCUT2D eigenvalue weighted by Crippen LogP contribution is 2.27. The number of nitro groups is 1. The van der Waals surface area contributed by atoms with Crippen LogP contribution in [0.2, 0.25) is 5.02 Å². The van der Waals surface area contributed by atoms with Gasteiger partial charge in [-0.05, 0) is 30.3 Å². The number of rotatable bonds is 7. The van der Waals surface area contributed by atoms with Gasteiger partial charge in [-0.15, -0.1) is 0 Å². The maximum absolute atomic E-state index is 13.2. The van der Waals surface area contributed by atoms with Gasteiger partial charge in [0, 0.05) is 17.2 Å². The van der Waals surface area contributed by atoms with Crippen LogP contribution in [-0.4, -0.2) is 30.0 Å². The fraction of sp³-hybridized carbons (Fsp3) is 0.125. The molecule has 0 saturated heterocycles. The molecule has 2 amide bonds. The Balaban J connectivity index is 1.76. The Bertz CT molecular complexity index is 847. The molecule has 2 N–H and O–H groups in total. The van der Waals surface area contributed by atoms with Gasteiger partial charge < -0.3 is 9.47 Å². The fourth-order valence-corrected chi connectivity index (χ4v) is 1.91. The van der Waals surface area contributed by atoms with Crippen LogP contribution in [0.5, 0.6) is 11.5 Å². The van der Waals surface area contributed by atoms with E-state index in [1.54, 1.807) is 24.3 Å². The number of hydrazine groups is 1. The summed E-state index contributed by atoms with van der Waals surface area (Å²) in [7, 11) is 0. The minimum Gasteiger partial charge on any atom is -0.484 e. The van der Waals surface area contributed by atoms with Crippen LogP contribution in [0.4, 0.5) is 10.1 Å². The van der Waals surface area contributed by atoms with Crippen molar-refractivity contribution in [3.05, 3.63) is 63.4 Å². The molecule has 0 bridgehead atoms. The van der Waals surface area contributed by atoms with Crippen molar-refractivity contribution in [3.63, 3.8) is 0 Å². The first kappa shape index (κ1) is 19.9. The number of halogens is 2. The molecule has 0 heterocycles. The van der Waals surface area contributed by atoms with Crippen molar-refractivity contribution in [3.8, 4) is 11.5 Å². The van der Waals surface area contributed by atoms with E-state index in [1.807, 2.05) is 5.43 Å². The number of hydrogen-bond donors (Lipinski definition) is 2. The van der Waals surface area contributed by atoms with Crippen molar-refractivity contribution in [2.24, 2.45) is 0 Å². The summed E-state index contributed by atoms with van der Waals surface area (Å²) in [5, 5.41) is 11.3. The van der Waals surface area contributed by atoms with Crippen molar-refractivity contribution in [2.75, 3.05) is 13.2 Å². The zero-order chi connectivity index (χ0) is 19.8. The number of carbonyl (C=O) groups is 2. The van der Waals surface area contributed by atoms with Crippen LogP contribution >= 0.6 is 11.6 Å². The molecular formula is C16H13ClFN3O6. The van der Waals surface area contributed by atoms with Crippen molar-refractivity contribution >= 4 is 29.1 Å². The molecule has 0 saturated carbocycles. The topological polar surface area (TPSA) is 120 Å². The van der Waals surface area contributed by atoms with Crippen LogP contribution in [0.3, 0.4) is 0 Å². The first-order chi connectivity index (χ1) is 12.8. The number of amides is 2. The van der Waals surface area contributed by atoms with Crippen LogP contribution in [0.25, 0.3) is 0 Å². The maximum Gasteiger partial charge on any atom is 0.311 e. The highest BCUT2D eigenvalue weighted by Gasteiger charge is 2.17. The Morgan fingerprint density at radius 2 is 1.63 bits per heavy atom. The molecule has 9 nitrogen and oxygen atoms in total. The van der Waals surface area contributed by atoms with Crippen molar-refractivity contribution in [2.45, 2.75) is 0 Å². The molecular weight excluding hydrogens is 385 g/mol. The van der Waals surface area contributed by atoms with Crippen LogP contribution in [0, 0.1) is 15.9 Å². The summed E-state index contributed by atoms with van der Waals surface area (Å²) >= 11 is 5.72. The third-order valence-corrected chi connectivity index (χ3v) is 3.25. The van der Waals surface area contributed by atoms with E-state index in [9.17, 15) is 24.1 Å². The smallest absolute Gasteiger partial charge is 0.311 e. The average molecular weight is 398 g/mol. The molecule has 0 aliphatic heterocycles. The summed E-state index contributed by atoms with van der Waals surface area (Å²) < 4.78 is 23.2. The van der Waals surface area contributed by atoms with Gasteiger partial charge >= 0.3 is 5.69 Å². The lowest BCUT2D eigenvalue weighted by Crippen LogP contribution is -2.45. The van der Waals surface area contributed by atoms with Gasteiger partial charge in [0.2, 0.25) is 5.75 Å². The SMILES string of the molecule is O=C(COc1ccc(Cl)cc1)NNC(=O)COc1cc(F)ccc1[N+](=O)[O-]. The second kappa shape index (κ2) is 9.34. The number of hydrogen-bond acceptors (Lipinski definition) is 6. The summed E-state index contributed by atoms with van der Waals surface area (Å²) in [5.41, 5.74) is 3.61. The van der Waals surface area contributed by atoms with Crippen LogP contribution in [0.1, 0.15) is 0 Å². The van der Waals surface area contributed by atoms with E-state index < -0.39 is 40.6 Å². The van der Waals surface area contributed by atoms with E-state index in [-0.39, 0.29) is 6.61 Å². The lowest BCUT2D eigenvalue weighted by atomic mass is 10.3. The Morgan fingerprint density at radius 3 is 2.22 bits per heavy atom. The summed E-state index contributed by atoms with van der Waals surface area (Å²) in [6.45, 7) is -1.05. The lowest BCUT2D eigenvalue weighted by Gasteiger charge is -2.10. The minimum atomic E-state index is -0.812. The van der Waals surface area contributed by atoms with Gasteiger partial charge in [-0.1, -0.05) is 11.6 Å². The second-order valence-electron chi connectivity index (χ2n) is 5.00. The molecule has 0 aliphatic carbocycles. The van der Waals surface area contributed by atoms with Gasteiger partial charge in [-0.25, -0.2) is 4.39 Å². The summed E-state index contributed by atoms with van der Waals surface area (Å²) in [5.74, 6) is -2.23. The molecule has 0 spiro atoms. The zero-order valence-electron chi connectivity index (χ0n) is 13.6. The van der Waals surface area contributed by atoms with E-state index in [0.29, 0.717) is 10.8 Å². The third-order valence-electron chi connectivity index (χ3n) is 3.00. The largest absolute Gasteiger partial charge is 0.484 e. The monoisotopic (exact) mass is 397 g/mol. The van der Waals surface area contributed by atoms with Gasteiger partial charge in [-0.2, -0.15) is 0 Å². The standard InChI is InChI=1S/C16H13ClFN3O6/c17-10-1-4-12(5-2-10)26-8-15(22)19-20-16(23)9-27-14-7-11(18)3-6-13(14)21(24)25/h1-7H,8-9H2,(H,19,22)(H,20,23). The lowest BCUT2D eigenvalue weighted by molar-refractivity contribution is -0.385. The predicted molar refractivity (Wildman–Crippen MR) is 91.8 cm³/mol. The molecule has 27 heavy (non-hydrogen) atoms. The first-order valence-corrected chi connectivity index (χ1v) is 7.76. The number of nitrogens with zero attached hydrogens (tertiary/aromatic N) is 1. The van der Waals surface area contributed by atoms with Crippen molar-refractivity contribution < 1.29 is 28.4 Å². The average Bonchev–Trinajstić information content (AvgIpc) is 2.64. The predicted octanol–water partition coefficient (Wildman–Crippen LogP) is 1.99. The Labute approximate surface area is 157 Å². The van der Waals surface area contributed by atoms with Crippen LogP contribution < -0.4 is 20.3 Å². The van der Waals surface area contributed by atoms with E-state index >= 15 is 0 Å². The molecule has 11 heteroatoms. The Kier molecular flexibility index (Phi) is 6.89. The van der Waals surface area contributed by atoms with E-state index in [0.717, 1.165) is 18.2 Å². The molecule has 2 rings (SSSR count). The highest BCUT2D eigenvalue weighted by molar-refractivity contribution is 6.30. The first-order valence-electron chi connectivity index (χ1n) is 7.38. The number of ether oxygens (including phenoxy) is 2. The molecule has 0 aliphatic rings. The third kappa shape index (κ3) is 6.44. The molecule has 142 valence electrons. The zero-order valence-corrected chi connectivity index (χ0v) is 14.4. The second-order valence-corrected chi connectivity index (χ2v) is 5.43. The normalized spacial score (nSPS) is 10.0. The van der Waals surface area contributed by atoms with Gasteiger partial charge in [-0.3, -0.25) is 30.6 Å².